The van der Waals surface area contributed by atoms with E-state index in [9.17, 15) is 0 Å². The average Bonchev–Trinajstić information content (AvgIpc) is 2.90. The van der Waals surface area contributed by atoms with Gasteiger partial charge in [0.05, 0.1) is 0 Å². The summed E-state index contributed by atoms with van der Waals surface area (Å²) in [4.78, 5) is 0. The van der Waals surface area contributed by atoms with Crippen LogP contribution in [0.3, 0.4) is 0 Å². The smallest absolute Gasteiger partial charge is 0.0103 e. The van der Waals surface area contributed by atoms with Gasteiger partial charge in [-0.05, 0) is 74.9 Å². The molecule has 0 unspecified atom stereocenters. The Hall–Kier alpha value is -3.94. The molecule has 1 heteroatoms. The molecule has 0 aromatic heterocycles. The summed E-state index contributed by atoms with van der Waals surface area (Å²) in [6.07, 6.45) is 12.1. The second-order valence-corrected chi connectivity index (χ2v) is 9.51. The Morgan fingerprint density at radius 3 is 1.97 bits per heavy atom. The first-order valence-corrected chi connectivity index (χ1v) is 13.0. The van der Waals surface area contributed by atoms with Gasteiger partial charge in [0, 0.05) is 4.48 Å². The van der Waals surface area contributed by atoms with Crippen LogP contribution in [0, 0.1) is 6.92 Å². The molecule has 3 aromatic carbocycles. The monoisotopic (exact) mass is 544 g/mol. The van der Waals surface area contributed by atoms with Gasteiger partial charge in [-0.15, -0.1) is 0 Å². The van der Waals surface area contributed by atoms with Crippen molar-refractivity contribution in [3.05, 3.63) is 160 Å². The van der Waals surface area contributed by atoms with Gasteiger partial charge in [-0.25, -0.2) is 0 Å². The van der Waals surface area contributed by atoms with Gasteiger partial charge in [0.2, 0.25) is 0 Å². The maximum atomic E-state index is 4.59. The Bertz CT molecular complexity index is 1540. The quantitative estimate of drug-likeness (QED) is 0.260. The van der Waals surface area contributed by atoms with E-state index < -0.39 is 0 Å². The van der Waals surface area contributed by atoms with Crippen molar-refractivity contribution in [1.29, 1.82) is 0 Å². The summed E-state index contributed by atoms with van der Waals surface area (Å²) in [5.74, 6) is 0. The molecule has 0 atom stereocenters. The second kappa shape index (κ2) is 13.4. The molecule has 0 heterocycles. The van der Waals surface area contributed by atoms with Crippen LogP contribution in [0.5, 0.6) is 0 Å². The third-order valence-electron chi connectivity index (χ3n) is 6.20. The predicted octanol–water partition coefficient (Wildman–Crippen LogP) is 9.18. The van der Waals surface area contributed by atoms with E-state index in [4.69, 9.17) is 0 Å². The summed E-state index contributed by atoms with van der Waals surface area (Å²) < 4.78 is 0.805. The molecule has 0 radical (unpaired) electrons. The third-order valence-corrected chi connectivity index (χ3v) is 6.46. The van der Waals surface area contributed by atoms with Gasteiger partial charge in [-0.1, -0.05) is 151 Å². The molecule has 0 fully saturated rings. The molecule has 0 bridgehead atoms. The van der Waals surface area contributed by atoms with Crippen molar-refractivity contribution in [3.8, 4) is 11.1 Å². The van der Waals surface area contributed by atoms with E-state index in [1.807, 2.05) is 60.7 Å². The number of hydrogen-bond acceptors (Lipinski definition) is 0. The molecular formula is C36H33Br. The molecule has 3 rings (SSSR count). The number of hydrogen-bond donors (Lipinski definition) is 0. The Kier molecular flexibility index (Phi) is 10.0. The van der Waals surface area contributed by atoms with Gasteiger partial charge in [0.15, 0.2) is 0 Å². The van der Waals surface area contributed by atoms with Crippen LogP contribution in [0.4, 0.5) is 0 Å². The van der Waals surface area contributed by atoms with E-state index in [1.165, 1.54) is 0 Å². The zero-order valence-corrected chi connectivity index (χ0v) is 23.3. The molecule has 184 valence electrons. The first kappa shape index (κ1) is 27.6. The molecule has 3 aromatic rings. The Morgan fingerprint density at radius 2 is 1.41 bits per heavy atom. The topological polar surface area (TPSA) is 0 Å². The lowest BCUT2D eigenvalue weighted by Crippen LogP contribution is -2.32. The first-order chi connectivity index (χ1) is 17.9. The fraction of sp³-hybridized carbons (Fsp3) is 0.0556. The summed E-state index contributed by atoms with van der Waals surface area (Å²) in [6, 6.07) is 26.8. The van der Waals surface area contributed by atoms with Gasteiger partial charge in [0.25, 0.3) is 0 Å². The van der Waals surface area contributed by atoms with Crippen LogP contribution < -0.4 is 10.4 Å². The average molecular weight is 546 g/mol. The van der Waals surface area contributed by atoms with E-state index in [-0.39, 0.29) is 0 Å². The van der Waals surface area contributed by atoms with Crippen LogP contribution in [-0.4, -0.2) is 0 Å². The van der Waals surface area contributed by atoms with E-state index in [1.54, 1.807) is 0 Å². The van der Waals surface area contributed by atoms with Crippen molar-refractivity contribution in [2.24, 2.45) is 0 Å². The van der Waals surface area contributed by atoms with Gasteiger partial charge >= 0.3 is 0 Å². The minimum Gasteiger partial charge on any atom is -0.0990 e. The lowest BCUT2D eigenvalue weighted by molar-refractivity contribution is 1.32. The Labute approximate surface area is 230 Å². The van der Waals surface area contributed by atoms with Crippen molar-refractivity contribution in [1.82, 2.24) is 0 Å². The molecule has 37 heavy (non-hydrogen) atoms. The molecule has 0 aliphatic heterocycles. The highest BCUT2D eigenvalue weighted by Gasteiger charge is 2.18. The maximum Gasteiger partial charge on any atom is 0.0103 e. The number of benzene rings is 2. The second-order valence-electron chi connectivity index (χ2n) is 8.49. The summed E-state index contributed by atoms with van der Waals surface area (Å²) in [5.41, 5.74) is 8.66. The van der Waals surface area contributed by atoms with Crippen LogP contribution in [0.25, 0.3) is 41.0 Å². The normalized spacial score (nSPS) is 11.8. The van der Waals surface area contributed by atoms with E-state index in [0.717, 1.165) is 59.4 Å². The maximum absolute atomic E-state index is 4.59. The molecule has 0 nitrogen and oxygen atoms in total. The molecular weight excluding hydrogens is 512 g/mol. The highest BCUT2D eigenvalue weighted by Crippen LogP contribution is 2.31. The van der Waals surface area contributed by atoms with Crippen molar-refractivity contribution in [3.63, 3.8) is 0 Å². The van der Waals surface area contributed by atoms with Gasteiger partial charge < -0.3 is 0 Å². The minimum atomic E-state index is 0.805. The molecule has 0 amide bonds. The summed E-state index contributed by atoms with van der Waals surface area (Å²) in [5, 5.41) is 2.22. The standard InChI is InChI=1S/C36H33Br/c1-7-19-34-31(9-3)35(27(5)32-23-18-17-20-29(32)8-2)28(6)33(25-24-26(4)37)36(34)30-21-15-13-11-10-12-14-16-22-30/h7-25H,1-2,4-5H2,3,6H3/b11-10?,12-10?,13-11?,14-12?,15-13?,16-14?,21-15?,22-16?,25-24-,30-21?,30-22?,31-9+,34-19+. The van der Waals surface area contributed by atoms with Gasteiger partial charge in [0.1, 0.15) is 0 Å². The molecule has 0 saturated carbocycles. The fourth-order valence-corrected chi connectivity index (χ4v) is 4.69. The van der Waals surface area contributed by atoms with E-state index in [0.29, 0.717) is 0 Å². The van der Waals surface area contributed by atoms with Crippen LogP contribution in [0.2, 0.25) is 0 Å². The number of allylic oxidation sites excluding steroid dienone is 3. The SMILES string of the molecule is C=C/C=c1/c(-c2ccccccccc2)c(/C=C\C(=C)Br)c(C)c(C(=C)c2ccccc2C=C)/c1=C/C. The van der Waals surface area contributed by atoms with Crippen LogP contribution >= 0.6 is 15.9 Å². The van der Waals surface area contributed by atoms with Crippen LogP contribution in [0.15, 0.2) is 122 Å². The highest BCUT2D eigenvalue weighted by atomic mass is 79.9. The zero-order chi connectivity index (χ0) is 26.8. The largest absolute Gasteiger partial charge is 0.0990 e. The van der Waals surface area contributed by atoms with Crippen molar-refractivity contribution in [2.75, 3.05) is 0 Å². The molecule has 0 aliphatic carbocycles. The molecule has 0 spiro atoms. The van der Waals surface area contributed by atoms with E-state index >= 15 is 0 Å². The summed E-state index contributed by atoms with van der Waals surface area (Å²) in [7, 11) is 0. The van der Waals surface area contributed by atoms with Crippen LogP contribution in [-0.2, 0) is 0 Å². The Balaban J connectivity index is 2.59. The van der Waals surface area contributed by atoms with Crippen LogP contribution in [0.1, 0.15) is 34.7 Å². The lowest BCUT2D eigenvalue weighted by atomic mass is 9.83. The number of rotatable bonds is 7. The molecule has 0 aliphatic rings. The van der Waals surface area contributed by atoms with Gasteiger partial charge in [-0.3, -0.25) is 0 Å². The first-order valence-electron chi connectivity index (χ1n) is 12.2. The van der Waals surface area contributed by atoms with Crippen molar-refractivity contribution < 1.29 is 0 Å². The van der Waals surface area contributed by atoms with Gasteiger partial charge in [-0.2, -0.15) is 0 Å². The fourth-order valence-electron chi connectivity index (χ4n) is 4.56. The minimum absolute atomic E-state index is 0.805. The predicted molar refractivity (Wildman–Crippen MR) is 170 cm³/mol. The molecule has 0 N–H and O–H groups in total. The summed E-state index contributed by atoms with van der Waals surface area (Å²) in [6.45, 7) is 20.9. The lowest BCUT2D eigenvalue weighted by Gasteiger charge is -2.20. The van der Waals surface area contributed by atoms with Crippen molar-refractivity contribution in [2.45, 2.75) is 13.8 Å². The highest BCUT2D eigenvalue weighted by molar-refractivity contribution is 9.11. The summed E-state index contributed by atoms with van der Waals surface area (Å²) >= 11 is 3.50. The molecule has 0 saturated heterocycles. The zero-order valence-electron chi connectivity index (χ0n) is 21.7. The van der Waals surface area contributed by atoms with E-state index in [2.05, 4.69) is 111 Å². The van der Waals surface area contributed by atoms with Crippen molar-refractivity contribution >= 4 is 45.8 Å². The number of halogens is 1. The third kappa shape index (κ3) is 6.44. The Morgan fingerprint density at radius 1 is 0.811 bits per heavy atom.